The number of aryl methyl sites for hydroxylation is 1. The number of fused-ring (bicyclic) bond motifs is 1. The maximum Gasteiger partial charge on any atom is 0.224 e. The fourth-order valence-corrected chi connectivity index (χ4v) is 4.68. The molecule has 2 aromatic carbocycles. The summed E-state index contributed by atoms with van der Waals surface area (Å²) in [6.07, 6.45) is 3.86. The van der Waals surface area contributed by atoms with Crippen LogP contribution in [0.1, 0.15) is 36.8 Å². The van der Waals surface area contributed by atoms with E-state index >= 15 is 0 Å². The molecule has 7 heteroatoms. The molecule has 30 heavy (non-hydrogen) atoms. The largest absolute Gasteiger partial charge is 0.497 e. The summed E-state index contributed by atoms with van der Waals surface area (Å²) in [6.45, 7) is 5.07. The number of amides is 1. The minimum absolute atomic E-state index is 0.0851. The second-order valence-corrected chi connectivity index (χ2v) is 8.63. The fraction of sp³-hybridized carbons (Fsp3) is 0.435. The first-order chi connectivity index (χ1) is 14.6. The Bertz CT molecular complexity index is 1020. The van der Waals surface area contributed by atoms with Gasteiger partial charge in [-0.25, -0.2) is 0 Å². The highest BCUT2D eigenvalue weighted by atomic mass is 32.1. The Labute approximate surface area is 181 Å². The Morgan fingerprint density at radius 2 is 2.10 bits per heavy atom. The Morgan fingerprint density at radius 3 is 2.93 bits per heavy atom. The Morgan fingerprint density at radius 1 is 1.23 bits per heavy atom. The number of aromatic nitrogens is 2. The van der Waals surface area contributed by atoms with Gasteiger partial charge in [-0.1, -0.05) is 6.07 Å². The van der Waals surface area contributed by atoms with Crippen molar-refractivity contribution in [3.8, 4) is 5.75 Å². The van der Waals surface area contributed by atoms with Crippen LogP contribution in [0, 0.1) is 12.8 Å². The number of rotatable bonds is 7. The molecular formula is C23H28N4O2S. The molecule has 158 valence electrons. The van der Waals surface area contributed by atoms with E-state index in [1.807, 2.05) is 25.1 Å². The zero-order valence-corrected chi connectivity index (χ0v) is 18.4. The van der Waals surface area contributed by atoms with Crippen LogP contribution in [0.25, 0.3) is 11.0 Å². The van der Waals surface area contributed by atoms with Crippen molar-refractivity contribution in [1.82, 2.24) is 13.6 Å². The van der Waals surface area contributed by atoms with Crippen LogP contribution in [0.3, 0.4) is 0 Å². The standard InChI is InChI=1S/C23H28N4O2S/c1-16-12-19(29-2)7-9-20(16)24-23(28)10-6-17-4-3-11-27(14-17)15-18-5-8-21-22(13-18)26-30-25-21/h5,7-9,12-13,17H,3-4,6,10-11,14-15H2,1-2H3,(H,24,28). The fourth-order valence-electron chi connectivity index (χ4n) is 4.17. The molecule has 0 aliphatic carbocycles. The molecule has 0 bridgehead atoms. The van der Waals surface area contributed by atoms with Gasteiger partial charge < -0.3 is 10.1 Å². The molecule has 3 aromatic rings. The van der Waals surface area contributed by atoms with Gasteiger partial charge in [-0.15, -0.1) is 0 Å². The number of ether oxygens (including phenoxy) is 1. The van der Waals surface area contributed by atoms with Gasteiger partial charge in [0.15, 0.2) is 0 Å². The number of likely N-dealkylation sites (tertiary alicyclic amines) is 1. The smallest absolute Gasteiger partial charge is 0.224 e. The number of nitrogens with zero attached hydrogens (tertiary/aromatic N) is 3. The second kappa shape index (κ2) is 9.53. The van der Waals surface area contributed by atoms with Crippen LogP contribution >= 0.6 is 11.7 Å². The summed E-state index contributed by atoms with van der Waals surface area (Å²) in [5.74, 6) is 1.45. The van der Waals surface area contributed by atoms with E-state index in [2.05, 4.69) is 37.2 Å². The highest BCUT2D eigenvalue weighted by molar-refractivity contribution is 7.00. The van der Waals surface area contributed by atoms with Gasteiger partial charge in [0.05, 0.1) is 18.8 Å². The number of carbonyl (C=O) groups excluding carboxylic acids is 1. The Hall–Kier alpha value is -2.51. The maximum atomic E-state index is 12.5. The van der Waals surface area contributed by atoms with Crippen LogP contribution in [0.15, 0.2) is 36.4 Å². The van der Waals surface area contributed by atoms with Crippen molar-refractivity contribution in [2.24, 2.45) is 5.92 Å². The molecule has 1 amide bonds. The summed E-state index contributed by atoms with van der Waals surface area (Å²) >= 11 is 1.26. The molecule has 1 saturated heterocycles. The Balaban J connectivity index is 1.27. The lowest BCUT2D eigenvalue weighted by Gasteiger charge is -2.32. The van der Waals surface area contributed by atoms with Crippen LogP contribution in [0.2, 0.25) is 0 Å². The third-order valence-electron chi connectivity index (χ3n) is 5.81. The van der Waals surface area contributed by atoms with Gasteiger partial charge in [0.2, 0.25) is 5.91 Å². The van der Waals surface area contributed by atoms with Gasteiger partial charge in [-0.05, 0) is 80.1 Å². The van der Waals surface area contributed by atoms with E-state index in [9.17, 15) is 4.79 Å². The van der Waals surface area contributed by atoms with E-state index in [4.69, 9.17) is 4.74 Å². The maximum absolute atomic E-state index is 12.5. The molecule has 0 spiro atoms. The molecule has 0 radical (unpaired) electrons. The lowest BCUT2D eigenvalue weighted by atomic mass is 9.93. The summed E-state index contributed by atoms with van der Waals surface area (Å²) in [5, 5.41) is 3.05. The predicted molar refractivity (Wildman–Crippen MR) is 121 cm³/mol. The number of hydrogen-bond acceptors (Lipinski definition) is 6. The summed E-state index contributed by atoms with van der Waals surface area (Å²) in [7, 11) is 1.65. The molecule has 4 rings (SSSR count). The number of anilines is 1. The van der Waals surface area contributed by atoms with E-state index in [1.54, 1.807) is 7.11 Å². The number of nitrogens with one attached hydrogen (secondary N) is 1. The van der Waals surface area contributed by atoms with Gasteiger partial charge in [-0.2, -0.15) is 8.75 Å². The highest BCUT2D eigenvalue weighted by Crippen LogP contribution is 2.25. The van der Waals surface area contributed by atoms with E-state index < -0.39 is 0 Å². The molecule has 1 aliphatic rings. The third-order valence-corrected chi connectivity index (χ3v) is 6.37. The molecular weight excluding hydrogens is 396 g/mol. The van der Waals surface area contributed by atoms with Crippen LogP contribution in [0.4, 0.5) is 5.69 Å². The lowest BCUT2D eigenvalue weighted by molar-refractivity contribution is -0.116. The molecule has 1 aliphatic heterocycles. The number of methoxy groups -OCH3 is 1. The second-order valence-electron chi connectivity index (χ2n) is 8.10. The number of piperidine rings is 1. The van der Waals surface area contributed by atoms with E-state index in [0.717, 1.165) is 54.1 Å². The van der Waals surface area contributed by atoms with Crippen molar-refractivity contribution in [3.05, 3.63) is 47.5 Å². The van der Waals surface area contributed by atoms with Gasteiger partial charge >= 0.3 is 0 Å². The minimum atomic E-state index is 0.0851. The Kier molecular flexibility index (Phi) is 6.59. The van der Waals surface area contributed by atoms with Crippen molar-refractivity contribution < 1.29 is 9.53 Å². The van der Waals surface area contributed by atoms with Crippen LogP contribution < -0.4 is 10.1 Å². The summed E-state index contributed by atoms with van der Waals surface area (Å²) < 4.78 is 13.9. The summed E-state index contributed by atoms with van der Waals surface area (Å²) in [5.41, 5.74) is 5.11. The van der Waals surface area contributed by atoms with E-state index in [-0.39, 0.29) is 5.91 Å². The topological polar surface area (TPSA) is 67.3 Å². The lowest BCUT2D eigenvalue weighted by Crippen LogP contribution is -2.35. The zero-order chi connectivity index (χ0) is 20.9. The molecule has 6 nitrogen and oxygen atoms in total. The molecule has 1 unspecified atom stereocenters. The third kappa shape index (κ3) is 5.15. The molecule has 0 saturated carbocycles. The van der Waals surface area contributed by atoms with Crippen molar-refractivity contribution in [3.63, 3.8) is 0 Å². The average molecular weight is 425 g/mol. The van der Waals surface area contributed by atoms with Gasteiger partial charge in [0.1, 0.15) is 16.8 Å². The summed E-state index contributed by atoms with van der Waals surface area (Å²) in [6, 6.07) is 12.1. The first-order valence-electron chi connectivity index (χ1n) is 10.5. The van der Waals surface area contributed by atoms with E-state index in [0.29, 0.717) is 12.3 Å². The van der Waals surface area contributed by atoms with Crippen LogP contribution in [-0.4, -0.2) is 39.8 Å². The van der Waals surface area contributed by atoms with Crippen LogP contribution in [-0.2, 0) is 11.3 Å². The first kappa shape index (κ1) is 20.8. The minimum Gasteiger partial charge on any atom is -0.497 e. The molecule has 1 aromatic heterocycles. The predicted octanol–water partition coefficient (Wildman–Crippen LogP) is 4.64. The van der Waals surface area contributed by atoms with Crippen molar-refractivity contribution in [1.29, 1.82) is 0 Å². The number of carbonyl (C=O) groups is 1. The van der Waals surface area contributed by atoms with Gasteiger partial charge in [0.25, 0.3) is 0 Å². The molecule has 2 heterocycles. The summed E-state index contributed by atoms with van der Waals surface area (Å²) in [4.78, 5) is 15.0. The van der Waals surface area contributed by atoms with Gasteiger partial charge in [-0.3, -0.25) is 9.69 Å². The van der Waals surface area contributed by atoms with Crippen LogP contribution in [0.5, 0.6) is 5.75 Å². The van der Waals surface area contributed by atoms with Crippen molar-refractivity contribution >= 4 is 34.4 Å². The number of hydrogen-bond donors (Lipinski definition) is 1. The molecule has 1 atom stereocenters. The van der Waals surface area contributed by atoms with Crippen molar-refractivity contribution in [2.45, 2.75) is 39.2 Å². The van der Waals surface area contributed by atoms with Gasteiger partial charge in [0, 0.05) is 25.2 Å². The normalized spacial score (nSPS) is 17.2. The number of benzene rings is 2. The highest BCUT2D eigenvalue weighted by Gasteiger charge is 2.21. The zero-order valence-electron chi connectivity index (χ0n) is 17.6. The first-order valence-corrected chi connectivity index (χ1v) is 11.2. The van der Waals surface area contributed by atoms with Crippen molar-refractivity contribution in [2.75, 3.05) is 25.5 Å². The molecule has 1 fully saturated rings. The monoisotopic (exact) mass is 424 g/mol. The van der Waals surface area contributed by atoms with E-state index in [1.165, 1.54) is 30.1 Å². The average Bonchev–Trinajstić information content (AvgIpc) is 3.22. The SMILES string of the molecule is COc1ccc(NC(=O)CCC2CCCN(Cc3ccc4nsnc4c3)C2)c(C)c1. The molecule has 1 N–H and O–H groups in total. The quantitative estimate of drug-likeness (QED) is 0.598.